The third-order valence-electron chi connectivity index (χ3n) is 5.59. The molecule has 1 fully saturated rings. The molecule has 2 aromatic carbocycles. The summed E-state index contributed by atoms with van der Waals surface area (Å²) in [6, 6.07) is 12.3. The average molecular weight is 458 g/mol. The number of carbonyl (C=O) groups excluding carboxylic acids is 1. The number of benzene rings is 2. The zero-order chi connectivity index (χ0) is 22.0. The van der Waals surface area contributed by atoms with Crippen LogP contribution in [0.2, 0.25) is 5.02 Å². The topological polar surface area (TPSA) is 64.4 Å². The number of thioether (sulfide) groups is 1. The van der Waals surface area contributed by atoms with Gasteiger partial charge in [-0.15, -0.1) is 0 Å². The molecule has 0 N–H and O–H groups in total. The number of methoxy groups -OCH3 is 1. The maximum absolute atomic E-state index is 13.4. The Bertz CT molecular complexity index is 1170. The van der Waals surface area contributed by atoms with Crippen LogP contribution in [0.25, 0.3) is 16.6 Å². The lowest BCUT2D eigenvalue weighted by Gasteiger charge is -2.30. The number of ether oxygens (including phenoxy) is 1. The van der Waals surface area contributed by atoms with Crippen molar-refractivity contribution in [1.82, 2.24) is 14.5 Å². The third kappa shape index (κ3) is 4.57. The lowest BCUT2D eigenvalue weighted by molar-refractivity contribution is -0.129. The lowest BCUT2D eigenvalue weighted by atomic mass is 9.99. The monoisotopic (exact) mass is 457 g/mol. The van der Waals surface area contributed by atoms with Gasteiger partial charge >= 0.3 is 0 Å². The van der Waals surface area contributed by atoms with E-state index in [1.54, 1.807) is 31.4 Å². The number of likely N-dealkylation sites (tertiary alicyclic amines) is 1. The van der Waals surface area contributed by atoms with E-state index in [0.29, 0.717) is 38.4 Å². The van der Waals surface area contributed by atoms with Gasteiger partial charge in [-0.05, 0) is 49.1 Å². The molecular weight excluding hydrogens is 434 g/mol. The molecule has 4 rings (SSSR count). The predicted molar refractivity (Wildman–Crippen MR) is 125 cm³/mol. The summed E-state index contributed by atoms with van der Waals surface area (Å²) >= 11 is 7.39. The van der Waals surface area contributed by atoms with Crippen molar-refractivity contribution >= 4 is 40.2 Å². The van der Waals surface area contributed by atoms with Crippen molar-refractivity contribution in [2.75, 3.05) is 26.0 Å². The van der Waals surface area contributed by atoms with Crippen LogP contribution in [0.4, 0.5) is 0 Å². The van der Waals surface area contributed by atoms with E-state index < -0.39 is 0 Å². The number of rotatable bonds is 5. The van der Waals surface area contributed by atoms with Gasteiger partial charge in [0.05, 0.1) is 29.5 Å². The van der Waals surface area contributed by atoms with Gasteiger partial charge in [-0.25, -0.2) is 4.98 Å². The number of nitrogens with zero attached hydrogens (tertiary/aromatic N) is 3. The summed E-state index contributed by atoms with van der Waals surface area (Å²) in [5, 5.41) is 1.39. The maximum atomic E-state index is 13.4. The number of para-hydroxylation sites is 2. The minimum Gasteiger partial charge on any atom is -0.495 e. The zero-order valence-electron chi connectivity index (χ0n) is 17.5. The molecule has 6 nitrogen and oxygen atoms in total. The van der Waals surface area contributed by atoms with Crippen molar-refractivity contribution in [2.24, 2.45) is 5.92 Å². The SMILES string of the molecule is COc1ccccc1-n1c(SCC(=O)N2CCC(C)CC2)nc2cc(Cl)ccc2c1=O. The molecule has 3 aromatic rings. The first-order chi connectivity index (χ1) is 15.0. The fraction of sp³-hybridized carbons (Fsp3) is 0.348. The second-order valence-corrected chi connectivity index (χ2v) is 9.10. The van der Waals surface area contributed by atoms with E-state index in [2.05, 4.69) is 6.92 Å². The smallest absolute Gasteiger partial charge is 0.266 e. The second kappa shape index (κ2) is 9.32. The number of fused-ring (bicyclic) bond motifs is 1. The van der Waals surface area contributed by atoms with Crippen LogP contribution in [0.5, 0.6) is 5.75 Å². The molecule has 1 aliphatic heterocycles. The Morgan fingerprint density at radius 2 is 1.97 bits per heavy atom. The standard InChI is InChI=1S/C23H24ClN3O3S/c1-15-9-11-26(12-10-15)21(28)14-31-23-25-18-13-16(24)7-8-17(18)22(29)27(23)19-5-3-4-6-20(19)30-2/h3-8,13,15H,9-12,14H2,1-2H3. The van der Waals surface area contributed by atoms with Crippen LogP contribution in [0.1, 0.15) is 19.8 Å². The summed E-state index contributed by atoms with van der Waals surface area (Å²) < 4.78 is 7.00. The Balaban J connectivity index is 1.74. The molecule has 0 atom stereocenters. The van der Waals surface area contributed by atoms with E-state index in [1.807, 2.05) is 23.1 Å². The van der Waals surface area contributed by atoms with Crippen molar-refractivity contribution in [3.63, 3.8) is 0 Å². The van der Waals surface area contributed by atoms with Gasteiger partial charge in [-0.3, -0.25) is 14.2 Å². The number of halogens is 1. The zero-order valence-corrected chi connectivity index (χ0v) is 19.1. The molecule has 0 spiro atoms. The average Bonchev–Trinajstić information content (AvgIpc) is 2.78. The number of amides is 1. The molecule has 31 heavy (non-hydrogen) atoms. The normalized spacial score (nSPS) is 14.7. The largest absolute Gasteiger partial charge is 0.495 e. The van der Waals surface area contributed by atoms with Crippen molar-refractivity contribution in [2.45, 2.75) is 24.9 Å². The van der Waals surface area contributed by atoms with Gasteiger partial charge in [0, 0.05) is 18.1 Å². The summed E-state index contributed by atoms with van der Waals surface area (Å²) in [7, 11) is 1.56. The quantitative estimate of drug-likeness (QED) is 0.419. The molecule has 0 bridgehead atoms. The number of hydrogen-bond acceptors (Lipinski definition) is 5. The highest BCUT2D eigenvalue weighted by Crippen LogP contribution is 2.28. The minimum absolute atomic E-state index is 0.0592. The van der Waals surface area contributed by atoms with Crippen LogP contribution in [-0.2, 0) is 4.79 Å². The van der Waals surface area contributed by atoms with Gasteiger partial charge in [0.25, 0.3) is 5.56 Å². The van der Waals surface area contributed by atoms with Crippen molar-refractivity contribution in [3.05, 3.63) is 57.8 Å². The first kappa shape index (κ1) is 21.7. The maximum Gasteiger partial charge on any atom is 0.266 e. The molecular formula is C23H24ClN3O3S. The van der Waals surface area contributed by atoms with Crippen LogP contribution in [0.3, 0.4) is 0 Å². The van der Waals surface area contributed by atoms with Crippen LogP contribution < -0.4 is 10.3 Å². The second-order valence-electron chi connectivity index (χ2n) is 7.72. The van der Waals surface area contributed by atoms with Crippen LogP contribution in [0, 0.1) is 5.92 Å². The van der Waals surface area contributed by atoms with E-state index in [0.717, 1.165) is 25.9 Å². The highest BCUT2D eigenvalue weighted by Gasteiger charge is 2.22. The summed E-state index contributed by atoms with van der Waals surface area (Å²) in [6.07, 6.45) is 2.05. The van der Waals surface area contributed by atoms with Crippen LogP contribution in [0.15, 0.2) is 52.4 Å². The van der Waals surface area contributed by atoms with Crippen LogP contribution >= 0.6 is 23.4 Å². The number of carbonyl (C=O) groups is 1. The summed E-state index contributed by atoms with van der Waals surface area (Å²) in [6.45, 7) is 3.77. The van der Waals surface area contributed by atoms with Gasteiger partial charge in [-0.2, -0.15) is 0 Å². The molecule has 8 heteroatoms. The Hall–Kier alpha value is -2.51. The number of piperidine rings is 1. The summed E-state index contributed by atoms with van der Waals surface area (Å²) in [4.78, 5) is 32.8. The Morgan fingerprint density at radius 1 is 1.23 bits per heavy atom. The van der Waals surface area contributed by atoms with E-state index in [1.165, 1.54) is 16.3 Å². The van der Waals surface area contributed by atoms with E-state index in [9.17, 15) is 9.59 Å². The predicted octanol–water partition coefficient (Wildman–Crippen LogP) is 4.40. The Morgan fingerprint density at radius 3 is 2.71 bits per heavy atom. The van der Waals surface area contributed by atoms with E-state index >= 15 is 0 Å². The minimum atomic E-state index is -0.229. The molecule has 1 aliphatic rings. The van der Waals surface area contributed by atoms with Gasteiger partial charge in [0.1, 0.15) is 5.75 Å². The van der Waals surface area contributed by atoms with Gasteiger partial charge in [-0.1, -0.05) is 42.4 Å². The first-order valence-electron chi connectivity index (χ1n) is 10.2. The Labute approximate surface area is 190 Å². The molecule has 2 heterocycles. The highest BCUT2D eigenvalue weighted by molar-refractivity contribution is 7.99. The molecule has 0 aliphatic carbocycles. The molecule has 162 valence electrons. The van der Waals surface area contributed by atoms with Crippen molar-refractivity contribution in [3.8, 4) is 11.4 Å². The number of aromatic nitrogens is 2. The molecule has 0 radical (unpaired) electrons. The fourth-order valence-corrected chi connectivity index (χ4v) is 4.81. The first-order valence-corrected chi connectivity index (χ1v) is 11.6. The summed E-state index contributed by atoms with van der Waals surface area (Å²) in [5.74, 6) is 1.48. The van der Waals surface area contributed by atoms with Gasteiger partial charge in [0.2, 0.25) is 5.91 Å². The Kier molecular flexibility index (Phi) is 6.53. The summed E-state index contributed by atoms with van der Waals surface area (Å²) in [5.41, 5.74) is 0.861. The van der Waals surface area contributed by atoms with Crippen molar-refractivity contribution in [1.29, 1.82) is 0 Å². The number of hydrogen-bond donors (Lipinski definition) is 0. The van der Waals surface area contributed by atoms with Gasteiger partial charge in [0.15, 0.2) is 5.16 Å². The van der Waals surface area contributed by atoms with Crippen LogP contribution in [-0.4, -0.2) is 46.3 Å². The highest BCUT2D eigenvalue weighted by atomic mass is 35.5. The van der Waals surface area contributed by atoms with Gasteiger partial charge < -0.3 is 9.64 Å². The van der Waals surface area contributed by atoms with E-state index in [-0.39, 0.29) is 17.2 Å². The molecule has 1 aromatic heterocycles. The fourth-order valence-electron chi connectivity index (χ4n) is 3.74. The molecule has 0 unspecified atom stereocenters. The molecule has 0 saturated carbocycles. The van der Waals surface area contributed by atoms with E-state index in [4.69, 9.17) is 21.3 Å². The molecule has 1 amide bonds. The molecule has 1 saturated heterocycles. The third-order valence-corrected chi connectivity index (χ3v) is 6.75. The lowest BCUT2D eigenvalue weighted by Crippen LogP contribution is -2.39. The van der Waals surface area contributed by atoms with Crippen molar-refractivity contribution < 1.29 is 9.53 Å².